The van der Waals surface area contributed by atoms with Gasteiger partial charge in [0.25, 0.3) is 0 Å². The van der Waals surface area contributed by atoms with Gasteiger partial charge in [-0.2, -0.15) is 0 Å². The molecule has 0 amide bonds. The number of nitrogens with one attached hydrogen (secondary N) is 1. The van der Waals surface area contributed by atoms with Gasteiger partial charge in [-0.25, -0.2) is 8.42 Å². The van der Waals surface area contributed by atoms with Crippen molar-refractivity contribution in [2.75, 3.05) is 18.8 Å². The molecule has 0 saturated heterocycles. The Morgan fingerprint density at radius 3 is 2.31 bits per heavy atom. The molecule has 0 fully saturated rings. The van der Waals surface area contributed by atoms with E-state index in [1.54, 1.807) is 13.8 Å². The molecule has 0 unspecified atom stereocenters. The average molecular weight is 207 g/mol. The van der Waals surface area contributed by atoms with Gasteiger partial charge >= 0.3 is 0 Å². The highest BCUT2D eigenvalue weighted by atomic mass is 32.2. The fraction of sp³-hybridized carbons (Fsp3) is 1.00. The molecule has 0 radical (unpaired) electrons. The van der Waals surface area contributed by atoms with Gasteiger partial charge in [0.15, 0.2) is 9.84 Å². The summed E-state index contributed by atoms with van der Waals surface area (Å²) in [6, 6.07) is 0. The first-order valence-electron chi connectivity index (χ1n) is 4.93. The van der Waals surface area contributed by atoms with Gasteiger partial charge in [-0.15, -0.1) is 0 Å². The highest BCUT2D eigenvalue weighted by molar-refractivity contribution is 7.91. The molecule has 0 atom stereocenters. The Labute approximate surface area is 81.8 Å². The third-order valence-electron chi connectivity index (χ3n) is 2.00. The van der Waals surface area contributed by atoms with Crippen LogP contribution in [0.15, 0.2) is 0 Å². The Hall–Kier alpha value is -0.0900. The molecule has 0 spiro atoms. The van der Waals surface area contributed by atoms with Crippen molar-refractivity contribution in [3.05, 3.63) is 0 Å². The summed E-state index contributed by atoms with van der Waals surface area (Å²) in [6.07, 6.45) is 1.72. The van der Waals surface area contributed by atoms with Crippen LogP contribution >= 0.6 is 0 Å². The first-order valence-corrected chi connectivity index (χ1v) is 6.64. The van der Waals surface area contributed by atoms with E-state index in [1.165, 1.54) is 0 Å². The quantitative estimate of drug-likeness (QED) is 0.638. The van der Waals surface area contributed by atoms with Crippen molar-refractivity contribution in [1.29, 1.82) is 0 Å². The highest BCUT2D eigenvalue weighted by Gasteiger charge is 2.14. The van der Waals surface area contributed by atoms with Crippen molar-refractivity contribution >= 4 is 9.84 Å². The van der Waals surface area contributed by atoms with Crippen molar-refractivity contribution in [3.8, 4) is 0 Å². The second-order valence-corrected chi connectivity index (χ2v) is 6.15. The van der Waals surface area contributed by atoms with Crippen LogP contribution in [-0.2, 0) is 9.84 Å². The normalized spacial score (nSPS) is 12.3. The summed E-state index contributed by atoms with van der Waals surface area (Å²) in [7, 11) is -2.81. The molecule has 0 saturated carbocycles. The van der Waals surface area contributed by atoms with E-state index in [1.807, 2.05) is 6.92 Å². The zero-order valence-corrected chi connectivity index (χ0v) is 9.65. The fourth-order valence-corrected chi connectivity index (χ4v) is 2.04. The van der Waals surface area contributed by atoms with Gasteiger partial charge in [0, 0.05) is 0 Å². The van der Waals surface area contributed by atoms with Gasteiger partial charge in [0.05, 0.1) is 11.0 Å². The molecule has 13 heavy (non-hydrogen) atoms. The largest absolute Gasteiger partial charge is 0.317 e. The van der Waals surface area contributed by atoms with Crippen LogP contribution < -0.4 is 5.32 Å². The summed E-state index contributed by atoms with van der Waals surface area (Å²) >= 11 is 0. The van der Waals surface area contributed by atoms with Gasteiger partial charge < -0.3 is 5.32 Å². The van der Waals surface area contributed by atoms with Crippen molar-refractivity contribution in [2.45, 2.75) is 38.9 Å². The van der Waals surface area contributed by atoms with Crippen LogP contribution in [0.4, 0.5) is 0 Å². The first-order chi connectivity index (χ1) is 6.00. The molecule has 0 aliphatic heterocycles. The minimum atomic E-state index is -2.81. The van der Waals surface area contributed by atoms with Crippen molar-refractivity contribution in [1.82, 2.24) is 5.32 Å². The van der Waals surface area contributed by atoms with Crippen LogP contribution in [0.2, 0.25) is 0 Å². The zero-order valence-electron chi connectivity index (χ0n) is 8.84. The van der Waals surface area contributed by atoms with E-state index in [0.717, 1.165) is 25.9 Å². The van der Waals surface area contributed by atoms with Crippen LogP contribution in [0.25, 0.3) is 0 Å². The zero-order chi connectivity index (χ0) is 10.3. The van der Waals surface area contributed by atoms with Crippen LogP contribution in [0.5, 0.6) is 0 Å². The number of hydrogen-bond donors (Lipinski definition) is 1. The van der Waals surface area contributed by atoms with Gasteiger partial charge in [-0.05, 0) is 39.8 Å². The Kier molecular flexibility index (Phi) is 6.33. The predicted octanol–water partition coefficient (Wildman–Crippen LogP) is 1.20. The van der Waals surface area contributed by atoms with E-state index >= 15 is 0 Å². The van der Waals surface area contributed by atoms with E-state index in [2.05, 4.69) is 5.32 Å². The van der Waals surface area contributed by atoms with Crippen LogP contribution in [0.3, 0.4) is 0 Å². The Bertz CT molecular complexity index is 210. The number of rotatable bonds is 7. The van der Waals surface area contributed by atoms with E-state index in [0.29, 0.717) is 5.75 Å². The summed E-state index contributed by atoms with van der Waals surface area (Å²) in [5.41, 5.74) is 0. The Morgan fingerprint density at radius 2 is 1.85 bits per heavy atom. The van der Waals surface area contributed by atoms with Gasteiger partial charge in [0.1, 0.15) is 0 Å². The average Bonchev–Trinajstić information content (AvgIpc) is 2.03. The molecule has 0 aromatic heterocycles. The second-order valence-electron chi connectivity index (χ2n) is 3.48. The predicted molar refractivity (Wildman–Crippen MR) is 56.7 cm³/mol. The molecule has 4 heteroatoms. The highest BCUT2D eigenvalue weighted by Crippen LogP contribution is 2.03. The maximum absolute atomic E-state index is 11.3. The lowest BCUT2D eigenvalue weighted by atomic mass is 10.3. The molecule has 0 aliphatic rings. The maximum Gasteiger partial charge on any atom is 0.152 e. The molecule has 0 aromatic rings. The summed E-state index contributed by atoms with van der Waals surface area (Å²) < 4.78 is 22.7. The Balaban J connectivity index is 3.53. The van der Waals surface area contributed by atoms with E-state index < -0.39 is 9.84 Å². The molecule has 0 heterocycles. The summed E-state index contributed by atoms with van der Waals surface area (Å²) in [6.45, 7) is 7.39. The lowest BCUT2D eigenvalue weighted by Crippen LogP contribution is -2.19. The van der Waals surface area contributed by atoms with Crippen molar-refractivity contribution < 1.29 is 8.42 Å². The minimum Gasteiger partial charge on any atom is -0.317 e. The molecular formula is C9H21NO2S. The Morgan fingerprint density at radius 1 is 1.23 bits per heavy atom. The molecule has 0 aliphatic carbocycles. The molecule has 80 valence electrons. The fourth-order valence-electron chi connectivity index (χ4n) is 0.966. The third-order valence-corrected chi connectivity index (χ3v) is 4.29. The van der Waals surface area contributed by atoms with E-state index in [9.17, 15) is 8.42 Å². The van der Waals surface area contributed by atoms with Crippen LogP contribution in [-0.4, -0.2) is 32.5 Å². The number of hydrogen-bond acceptors (Lipinski definition) is 3. The lowest BCUT2D eigenvalue weighted by molar-refractivity contribution is 0.580. The monoisotopic (exact) mass is 207 g/mol. The van der Waals surface area contributed by atoms with Crippen LogP contribution in [0.1, 0.15) is 33.6 Å². The molecule has 1 N–H and O–H groups in total. The molecular weight excluding hydrogens is 186 g/mol. The van der Waals surface area contributed by atoms with E-state index in [-0.39, 0.29) is 5.25 Å². The summed E-state index contributed by atoms with van der Waals surface area (Å²) in [5.74, 6) is 0.329. The van der Waals surface area contributed by atoms with Crippen molar-refractivity contribution in [2.24, 2.45) is 0 Å². The SMILES string of the molecule is CCNCCCCS(=O)(=O)C(C)C. The topological polar surface area (TPSA) is 46.2 Å². The third kappa shape index (κ3) is 6.05. The number of unbranched alkanes of at least 4 members (excludes halogenated alkanes) is 1. The molecule has 0 aromatic carbocycles. The summed E-state index contributed by atoms with van der Waals surface area (Å²) in [5, 5.41) is 2.94. The molecule has 3 nitrogen and oxygen atoms in total. The van der Waals surface area contributed by atoms with Crippen molar-refractivity contribution in [3.63, 3.8) is 0 Å². The van der Waals surface area contributed by atoms with Gasteiger partial charge in [0.2, 0.25) is 0 Å². The standard InChI is InChI=1S/C9H21NO2S/c1-4-10-7-5-6-8-13(11,12)9(2)3/h9-10H,4-8H2,1-3H3. The molecule has 0 bridgehead atoms. The first kappa shape index (κ1) is 12.9. The molecule has 0 rings (SSSR count). The lowest BCUT2D eigenvalue weighted by Gasteiger charge is -2.07. The van der Waals surface area contributed by atoms with Gasteiger partial charge in [-0.1, -0.05) is 6.92 Å². The summed E-state index contributed by atoms with van der Waals surface area (Å²) in [4.78, 5) is 0. The minimum absolute atomic E-state index is 0.230. The second kappa shape index (κ2) is 6.38. The number of sulfone groups is 1. The van der Waals surface area contributed by atoms with Crippen LogP contribution in [0, 0.1) is 0 Å². The smallest absolute Gasteiger partial charge is 0.152 e. The van der Waals surface area contributed by atoms with E-state index in [4.69, 9.17) is 0 Å². The maximum atomic E-state index is 11.3. The van der Waals surface area contributed by atoms with Gasteiger partial charge in [-0.3, -0.25) is 0 Å².